The summed E-state index contributed by atoms with van der Waals surface area (Å²) in [4.78, 5) is 7.01. The first kappa shape index (κ1) is 23.9. The van der Waals surface area contributed by atoms with Crippen LogP contribution in [0.2, 0.25) is 0 Å². The van der Waals surface area contributed by atoms with E-state index >= 15 is 0 Å². The molecule has 0 spiro atoms. The van der Waals surface area contributed by atoms with Crippen molar-refractivity contribution in [1.29, 1.82) is 0 Å². The number of guanidine groups is 1. The zero-order valence-corrected chi connectivity index (χ0v) is 19.2. The summed E-state index contributed by atoms with van der Waals surface area (Å²) in [7, 11) is -3.20. The molecule has 2 fully saturated rings. The molecule has 154 valence electrons. The number of likely N-dealkylation sites (tertiary alicyclic amines) is 1. The number of sulfonamides is 1. The number of nitrogens with one attached hydrogen (secondary N) is 3. The molecule has 9 heteroatoms. The van der Waals surface area contributed by atoms with Crippen molar-refractivity contribution in [2.45, 2.75) is 45.4 Å². The topological polar surface area (TPSA) is 85.8 Å². The maximum Gasteiger partial charge on any atom is 0.213 e. The summed E-state index contributed by atoms with van der Waals surface area (Å²) in [5, 5.41) is 6.31. The zero-order chi connectivity index (χ0) is 18.0. The highest BCUT2D eigenvalue weighted by molar-refractivity contribution is 14.0. The van der Waals surface area contributed by atoms with Crippen molar-refractivity contribution in [3.05, 3.63) is 0 Å². The minimum Gasteiger partial charge on any atom is -0.357 e. The summed E-state index contributed by atoms with van der Waals surface area (Å²) in [6.07, 6.45) is 7.44. The van der Waals surface area contributed by atoms with Crippen LogP contribution in [0.15, 0.2) is 4.99 Å². The van der Waals surface area contributed by atoms with E-state index in [0.29, 0.717) is 25.0 Å². The predicted molar refractivity (Wildman–Crippen MR) is 119 cm³/mol. The molecule has 26 heavy (non-hydrogen) atoms. The van der Waals surface area contributed by atoms with Crippen LogP contribution in [-0.4, -0.2) is 70.8 Å². The summed E-state index contributed by atoms with van der Waals surface area (Å²) in [6, 6.07) is 0. The number of nitrogens with zero attached hydrogens (tertiary/aromatic N) is 2. The average molecular weight is 501 g/mol. The molecule has 1 heterocycles. The van der Waals surface area contributed by atoms with Gasteiger partial charge in [0.15, 0.2) is 5.96 Å². The van der Waals surface area contributed by atoms with Crippen LogP contribution in [-0.2, 0) is 10.0 Å². The summed E-state index contributed by atoms with van der Waals surface area (Å²) < 4.78 is 26.8. The Kier molecular flexibility index (Phi) is 12.1. The van der Waals surface area contributed by atoms with Crippen molar-refractivity contribution in [2.75, 3.05) is 51.6 Å². The molecule has 0 radical (unpaired) electrons. The molecule has 0 unspecified atom stereocenters. The molecule has 1 aliphatic heterocycles. The van der Waals surface area contributed by atoms with Gasteiger partial charge in [-0.2, -0.15) is 0 Å². The van der Waals surface area contributed by atoms with E-state index in [4.69, 9.17) is 0 Å². The van der Waals surface area contributed by atoms with Crippen molar-refractivity contribution < 1.29 is 8.42 Å². The van der Waals surface area contributed by atoms with Gasteiger partial charge in [-0.25, -0.2) is 13.1 Å². The maximum atomic E-state index is 12.0. The van der Waals surface area contributed by atoms with E-state index in [0.717, 1.165) is 32.5 Å². The van der Waals surface area contributed by atoms with Crippen LogP contribution < -0.4 is 15.4 Å². The van der Waals surface area contributed by atoms with Gasteiger partial charge in [-0.15, -0.1) is 24.0 Å². The lowest BCUT2D eigenvalue weighted by molar-refractivity contribution is 0.235. The normalized spacial score (nSPS) is 19.5. The van der Waals surface area contributed by atoms with Crippen molar-refractivity contribution in [3.8, 4) is 0 Å². The standard InChI is InChI=1S/C17H35N5O2S.HI/c1-2-18-17(19-9-13-22-11-4-3-5-12-22)20-10-14-25(23,24)21-15-16-7-6-8-16;/h16,21H,2-15H2,1H3,(H2,18,19,20);1H. The third kappa shape index (κ3) is 9.70. The van der Waals surface area contributed by atoms with Crippen molar-refractivity contribution in [1.82, 2.24) is 20.3 Å². The van der Waals surface area contributed by atoms with E-state index in [9.17, 15) is 8.42 Å². The third-order valence-corrected chi connectivity index (χ3v) is 6.31. The Hall–Kier alpha value is -0.130. The fraction of sp³-hybridized carbons (Fsp3) is 0.941. The second-order valence-corrected chi connectivity index (χ2v) is 8.98. The molecule has 0 amide bonds. The van der Waals surface area contributed by atoms with Gasteiger partial charge in [-0.1, -0.05) is 12.8 Å². The van der Waals surface area contributed by atoms with Gasteiger partial charge >= 0.3 is 0 Å². The van der Waals surface area contributed by atoms with Crippen LogP contribution in [0.3, 0.4) is 0 Å². The highest BCUT2D eigenvalue weighted by atomic mass is 127. The van der Waals surface area contributed by atoms with Crippen molar-refractivity contribution >= 4 is 40.0 Å². The lowest BCUT2D eigenvalue weighted by Gasteiger charge is -2.25. The van der Waals surface area contributed by atoms with Crippen LogP contribution in [0.4, 0.5) is 0 Å². The molecule has 0 atom stereocenters. The molecule has 1 saturated heterocycles. The number of piperidine rings is 1. The molecule has 1 aliphatic carbocycles. The zero-order valence-electron chi connectivity index (χ0n) is 16.0. The molecular weight excluding hydrogens is 465 g/mol. The molecule has 2 aliphatic rings. The smallest absolute Gasteiger partial charge is 0.213 e. The van der Waals surface area contributed by atoms with E-state index in [1.165, 1.54) is 38.8 Å². The first-order valence-electron chi connectivity index (χ1n) is 9.81. The third-order valence-electron chi connectivity index (χ3n) is 4.96. The molecule has 0 aromatic rings. The van der Waals surface area contributed by atoms with Gasteiger partial charge in [0.2, 0.25) is 10.0 Å². The molecular formula is C17H36IN5O2S. The molecule has 1 saturated carbocycles. The van der Waals surface area contributed by atoms with Gasteiger partial charge in [0.25, 0.3) is 0 Å². The summed E-state index contributed by atoms with van der Waals surface area (Å²) in [5.74, 6) is 1.32. The first-order chi connectivity index (χ1) is 12.1. The van der Waals surface area contributed by atoms with Gasteiger partial charge in [0.1, 0.15) is 0 Å². The Morgan fingerprint density at radius 2 is 1.85 bits per heavy atom. The highest BCUT2D eigenvalue weighted by Gasteiger charge is 2.20. The number of hydrogen-bond donors (Lipinski definition) is 3. The SMILES string of the molecule is CCNC(=NCCN1CCCCC1)NCCS(=O)(=O)NCC1CCC1.I. The van der Waals surface area contributed by atoms with Crippen LogP contribution >= 0.6 is 24.0 Å². The van der Waals surface area contributed by atoms with Gasteiger partial charge < -0.3 is 15.5 Å². The summed E-state index contributed by atoms with van der Waals surface area (Å²) in [5.41, 5.74) is 0. The largest absolute Gasteiger partial charge is 0.357 e. The Labute approximate surface area is 176 Å². The fourth-order valence-electron chi connectivity index (χ4n) is 3.15. The Bertz CT molecular complexity index is 505. The second-order valence-electron chi connectivity index (χ2n) is 7.05. The van der Waals surface area contributed by atoms with E-state index in [1.54, 1.807) is 0 Å². The number of hydrogen-bond acceptors (Lipinski definition) is 4. The average Bonchev–Trinajstić information content (AvgIpc) is 2.54. The number of aliphatic imine (C=N–C) groups is 1. The maximum absolute atomic E-state index is 12.0. The van der Waals surface area contributed by atoms with Crippen LogP contribution in [0, 0.1) is 5.92 Å². The Morgan fingerprint density at radius 1 is 1.12 bits per heavy atom. The lowest BCUT2D eigenvalue weighted by Crippen LogP contribution is -2.42. The van der Waals surface area contributed by atoms with Crippen molar-refractivity contribution in [3.63, 3.8) is 0 Å². The number of halogens is 1. The molecule has 0 aromatic carbocycles. The molecule has 3 N–H and O–H groups in total. The predicted octanol–water partition coefficient (Wildman–Crippen LogP) is 1.36. The van der Waals surface area contributed by atoms with Crippen LogP contribution in [0.25, 0.3) is 0 Å². The van der Waals surface area contributed by atoms with Gasteiger partial charge in [-0.05, 0) is 51.6 Å². The molecule has 2 rings (SSSR count). The summed E-state index contributed by atoms with van der Waals surface area (Å²) >= 11 is 0. The van der Waals surface area contributed by atoms with Gasteiger partial charge in [-0.3, -0.25) is 4.99 Å². The minimum atomic E-state index is -3.20. The van der Waals surface area contributed by atoms with Crippen LogP contribution in [0.1, 0.15) is 45.4 Å². The monoisotopic (exact) mass is 501 g/mol. The van der Waals surface area contributed by atoms with Crippen LogP contribution in [0.5, 0.6) is 0 Å². The fourth-order valence-corrected chi connectivity index (χ4v) is 4.15. The Balaban J connectivity index is 0.00000338. The lowest BCUT2D eigenvalue weighted by atomic mass is 9.86. The summed E-state index contributed by atoms with van der Waals surface area (Å²) in [6.45, 7) is 7.79. The number of rotatable bonds is 10. The highest BCUT2D eigenvalue weighted by Crippen LogP contribution is 2.25. The molecule has 0 aromatic heterocycles. The first-order valence-corrected chi connectivity index (χ1v) is 11.5. The molecule has 0 bridgehead atoms. The molecule has 7 nitrogen and oxygen atoms in total. The van der Waals surface area contributed by atoms with E-state index in [-0.39, 0.29) is 29.7 Å². The quantitative estimate of drug-likeness (QED) is 0.239. The Morgan fingerprint density at radius 3 is 2.46 bits per heavy atom. The minimum absolute atomic E-state index is 0. The van der Waals surface area contributed by atoms with Crippen molar-refractivity contribution in [2.24, 2.45) is 10.9 Å². The van der Waals surface area contributed by atoms with E-state index in [2.05, 4.69) is 25.2 Å². The van der Waals surface area contributed by atoms with Gasteiger partial charge in [0, 0.05) is 26.2 Å². The van der Waals surface area contributed by atoms with E-state index in [1.807, 2.05) is 6.92 Å². The second kappa shape index (κ2) is 13.1. The van der Waals surface area contributed by atoms with E-state index < -0.39 is 10.0 Å². The van der Waals surface area contributed by atoms with Gasteiger partial charge in [0.05, 0.1) is 12.3 Å².